The molecule has 0 unspecified atom stereocenters. The molecule has 1 aromatic carbocycles. The maximum absolute atomic E-state index is 12.5. The van der Waals surface area contributed by atoms with Gasteiger partial charge in [0.2, 0.25) is 0 Å². The predicted octanol–water partition coefficient (Wildman–Crippen LogP) is 1.68. The largest absolute Gasteiger partial charge is 0.493 e. The van der Waals surface area contributed by atoms with Crippen LogP contribution >= 0.6 is 0 Å². The maximum atomic E-state index is 12.5. The van der Waals surface area contributed by atoms with Crippen LogP contribution in [0.25, 0.3) is 0 Å². The van der Waals surface area contributed by atoms with Gasteiger partial charge in [0.15, 0.2) is 0 Å². The summed E-state index contributed by atoms with van der Waals surface area (Å²) in [4.78, 5) is 14.1. The number of carbonyl (C=O) groups is 1. The van der Waals surface area contributed by atoms with E-state index in [1.54, 1.807) is 23.1 Å². The number of nitrogens with zero attached hydrogens (tertiary/aromatic N) is 2. The summed E-state index contributed by atoms with van der Waals surface area (Å²) in [5, 5.41) is 11.4. The minimum absolute atomic E-state index is 0.106. The highest BCUT2D eigenvalue weighted by molar-refractivity contribution is 5.97. The third-order valence-corrected chi connectivity index (χ3v) is 2.85. The van der Waals surface area contributed by atoms with E-state index in [1.165, 1.54) is 0 Å². The number of ether oxygens (including phenoxy) is 1. The average Bonchev–Trinajstić information content (AvgIpc) is 2.48. The first-order chi connectivity index (χ1) is 9.63. The van der Waals surface area contributed by atoms with Crippen LogP contribution in [-0.4, -0.2) is 41.5 Å². The molecule has 6 heteroatoms. The molecule has 20 heavy (non-hydrogen) atoms. The van der Waals surface area contributed by atoms with E-state index in [9.17, 15) is 4.79 Å². The lowest BCUT2D eigenvalue weighted by Gasteiger charge is -2.21. The van der Waals surface area contributed by atoms with Crippen molar-refractivity contribution in [2.24, 2.45) is 10.9 Å². The smallest absolute Gasteiger partial charge is 0.257 e. The van der Waals surface area contributed by atoms with Gasteiger partial charge in [-0.1, -0.05) is 17.3 Å². The number of para-hydroxylation sites is 1. The lowest BCUT2D eigenvalue weighted by Crippen LogP contribution is -2.34. The van der Waals surface area contributed by atoms with Crippen LogP contribution < -0.4 is 10.5 Å². The van der Waals surface area contributed by atoms with Crippen molar-refractivity contribution >= 4 is 11.7 Å². The van der Waals surface area contributed by atoms with Crippen LogP contribution in [-0.2, 0) is 0 Å². The van der Waals surface area contributed by atoms with Gasteiger partial charge in [-0.15, -0.1) is 0 Å². The van der Waals surface area contributed by atoms with E-state index in [-0.39, 0.29) is 11.7 Å². The van der Waals surface area contributed by atoms with Gasteiger partial charge in [-0.3, -0.25) is 4.79 Å². The van der Waals surface area contributed by atoms with Crippen molar-refractivity contribution in [1.29, 1.82) is 0 Å². The fourth-order valence-corrected chi connectivity index (χ4v) is 1.80. The van der Waals surface area contributed by atoms with E-state index in [1.807, 2.05) is 19.9 Å². The second kappa shape index (κ2) is 8.04. The van der Waals surface area contributed by atoms with Crippen molar-refractivity contribution < 1.29 is 14.7 Å². The molecule has 0 aliphatic carbocycles. The molecule has 0 spiro atoms. The SMILES string of the molecule is CCOc1ccccc1C(=O)N(CC)CCC(N)=NO. The molecule has 0 aromatic heterocycles. The van der Waals surface area contributed by atoms with Crippen LogP contribution in [0.3, 0.4) is 0 Å². The van der Waals surface area contributed by atoms with E-state index in [2.05, 4.69) is 5.16 Å². The minimum Gasteiger partial charge on any atom is -0.493 e. The highest BCUT2D eigenvalue weighted by Gasteiger charge is 2.18. The van der Waals surface area contributed by atoms with Gasteiger partial charge in [-0.05, 0) is 26.0 Å². The number of amides is 1. The zero-order chi connectivity index (χ0) is 15.0. The Balaban J connectivity index is 2.85. The Bertz CT molecular complexity index is 474. The van der Waals surface area contributed by atoms with Crippen LogP contribution in [0.1, 0.15) is 30.6 Å². The highest BCUT2D eigenvalue weighted by Crippen LogP contribution is 2.20. The highest BCUT2D eigenvalue weighted by atomic mass is 16.5. The number of hydrogen-bond donors (Lipinski definition) is 2. The zero-order valence-electron chi connectivity index (χ0n) is 11.9. The van der Waals surface area contributed by atoms with E-state index >= 15 is 0 Å². The molecule has 1 amide bonds. The monoisotopic (exact) mass is 279 g/mol. The molecule has 0 fully saturated rings. The fraction of sp³-hybridized carbons (Fsp3) is 0.429. The molecule has 6 nitrogen and oxygen atoms in total. The van der Waals surface area contributed by atoms with E-state index in [0.29, 0.717) is 37.4 Å². The Kier molecular flexibility index (Phi) is 6.36. The topological polar surface area (TPSA) is 88.2 Å². The summed E-state index contributed by atoms with van der Waals surface area (Å²) >= 11 is 0. The first-order valence-electron chi connectivity index (χ1n) is 6.61. The summed E-state index contributed by atoms with van der Waals surface area (Å²) in [5.74, 6) is 0.555. The molecule has 3 N–H and O–H groups in total. The Morgan fingerprint density at radius 2 is 2.10 bits per heavy atom. The number of nitrogens with two attached hydrogens (primary N) is 1. The van der Waals surface area contributed by atoms with Gasteiger partial charge >= 0.3 is 0 Å². The van der Waals surface area contributed by atoms with E-state index in [4.69, 9.17) is 15.7 Å². The molecule has 1 aromatic rings. The van der Waals surface area contributed by atoms with Crippen LogP contribution in [0.15, 0.2) is 29.4 Å². The van der Waals surface area contributed by atoms with Gasteiger partial charge in [-0.25, -0.2) is 0 Å². The molecule has 110 valence electrons. The molecular weight excluding hydrogens is 258 g/mol. The Labute approximate surface area is 118 Å². The predicted molar refractivity (Wildman–Crippen MR) is 77.2 cm³/mol. The molecule has 0 bridgehead atoms. The minimum atomic E-state index is -0.123. The van der Waals surface area contributed by atoms with E-state index < -0.39 is 0 Å². The molecule has 0 aliphatic rings. The van der Waals surface area contributed by atoms with Crippen molar-refractivity contribution in [1.82, 2.24) is 4.90 Å². The van der Waals surface area contributed by atoms with Crippen LogP contribution in [0, 0.1) is 0 Å². The second-order valence-electron chi connectivity index (χ2n) is 4.16. The maximum Gasteiger partial charge on any atom is 0.257 e. The standard InChI is InChI=1S/C14H21N3O3/c1-3-17(10-9-13(15)16-19)14(18)11-7-5-6-8-12(11)20-4-2/h5-8,19H,3-4,9-10H2,1-2H3,(H2,15,16). The first kappa shape index (κ1) is 15.8. The van der Waals surface area contributed by atoms with Crippen LogP contribution in [0.5, 0.6) is 5.75 Å². The number of oxime groups is 1. The normalized spacial score (nSPS) is 11.2. The van der Waals surface area contributed by atoms with Crippen molar-refractivity contribution in [2.75, 3.05) is 19.7 Å². The molecule has 1 rings (SSSR count). The van der Waals surface area contributed by atoms with Gasteiger partial charge in [0, 0.05) is 19.5 Å². The molecular formula is C14H21N3O3. The number of benzene rings is 1. The summed E-state index contributed by atoms with van der Waals surface area (Å²) in [6.07, 6.45) is 0.326. The van der Waals surface area contributed by atoms with Gasteiger partial charge in [0.1, 0.15) is 11.6 Å². The molecule has 0 atom stereocenters. The Hall–Kier alpha value is -2.24. The van der Waals surface area contributed by atoms with Gasteiger partial charge < -0.3 is 20.6 Å². The molecule has 0 saturated heterocycles. The third-order valence-electron chi connectivity index (χ3n) is 2.85. The molecule has 0 heterocycles. The zero-order valence-corrected chi connectivity index (χ0v) is 11.9. The van der Waals surface area contributed by atoms with Crippen LogP contribution in [0.2, 0.25) is 0 Å². The van der Waals surface area contributed by atoms with E-state index in [0.717, 1.165) is 0 Å². The number of hydrogen-bond acceptors (Lipinski definition) is 4. The average molecular weight is 279 g/mol. The third kappa shape index (κ3) is 4.15. The lowest BCUT2D eigenvalue weighted by molar-refractivity contribution is 0.0764. The molecule has 0 saturated carbocycles. The first-order valence-corrected chi connectivity index (χ1v) is 6.61. The van der Waals surface area contributed by atoms with Crippen molar-refractivity contribution in [3.63, 3.8) is 0 Å². The Morgan fingerprint density at radius 1 is 1.40 bits per heavy atom. The quantitative estimate of drug-likeness (QED) is 0.344. The summed E-state index contributed by atoms with van der Waals surface area (Å²) in [5.41, 5.74) is 5.95. The van der Waals surface area contributed by atoms with Crippen molar-refractivity contribution in [2.45, 2.75) is 20.3 Å². The van der Waals surface area contributed by atoms with Crippen LogP contribution in [0.4, 0.5) is 0 Å². The number of carbonyl (C=O) groups excluding carboxylic acids is 1. The van der Waals surface area contributed by atoms with Crippen molar-refractivity contribution in [3.8, 4) is 5.75 Å². The second-order valence-corrected chi connectivity index (χ2v) is 4.16. The lowest BCUT2D eigenvalue weighted by atomic mass is 10.1. The summed E-state index contributed by atoms with van der Waals surface area (Å²) in [6.45, 7) is 5.19. The Morgan fingerprint density at radius 3 is 2.70 bits per heavy atom. The van der Waals surface area contributed by atoms with Crippen molar-refractivity contribution in [3.05, 3.63) is 29.8 Å². The molecule has 0 aliphatic heterocycles. The molecule has 0 radical (unpaired) electrons. The number of amidine groups is 1. The fourth-order valence-electron chi connectivity index (χ4n) is 1.80. The summed E-state index contributed by atoms with van der Waals surface area (Å²) in [6, 6.07) is 7.13. The summed E-state index contributed by atoms with van der Waals surface area (Å²) < 4.78 is 5.46. The summed E-state index contributed by atoms with van der Waals surface area (Å²) in [7, 11) is 0. The van der Waals surface area contributed by atoms with Gasteiger partial charge in [0.05, 0.1) is 12.2 Å². The van der Waals surface area contributed by atoms with Gasteiger partial charge in [0.25, 0.3) is 5.91 Å². The number of rotatable bonds is 7. The van der Waals surface area contributed by atoms with Gasteiger partial charge in [-0.2, -0.15) is 0 Å².